The van der Waals surface area contributed by atoms with Crippen LogP contribution in [-0.2, 0) is 9.47 Å². The monoisotopic (exact) mass is 548 g/mol. The zero-order chi connectivity index (χ0) is 30.1. The second kappa shape index (κ2) is 25.0. The molecular weight excluding hydrogens is 500 g/mol. The van der Waals surface area contributed by atoms with Crippen LogP contribution in [0, 0.1) is 0 Å². The number of benzene rings is 3. The average molecular weight is 549 g/mol. The Morgan fingerprint density at radius 3 is 1.18 bits per heavy atom. The Labute approximate surface area is 233 Å². The number of methoxy groups -OCH3 is 2. The predicted molar refractivity (Wildman–Crippen MR) is 157 cm³/mol. The minimum atomic E-state index is -0.433. The number of aromatic hydroxyl groups is 4. The Kier molecular flexibility index (Phi) is 24.3. The van der Waals surface area contributed by atoms with E-state index in [1.54, 1.807) is 26.4 Å². The summed E-state index contributed by atoms with van der Waals surface area (Å²) in [5.74, 6) is -0.629. The molecule has 0 unspecified atom stereocenters. The smallest absolute Gasteiger partial charge is 0.123 e. The third kappa shape index (κ3) is 17.0. The van der Waals surface area contributed by atoms with Crippen LogP contribution in [0.5, 0.6) is 23.0 Å². The highest BCUT2D eigenvalue weighted by molar-refractivity contribution is 5.55. The second-order valence-corrected chi connectivity index (χ2v) is 7.93. The molecule has 3 rings (SSSR count). The van der Waals surface area contributed by atoms with Gasteiger partial charge in [-0.05, 0) is 44.4 Å². The standard InChI is InChI=1S/C19H16O4.4C3H8O/c20-13-6-8-15(17(22)10-13)19(12-4-2-1-3-5-12)16-9-7-14(21)11-18(16)23;2*1-3-4-2;2*1-2-3-4/h1-11,19-23H;2*3H2,1-2H3;2*4H,2-3H2,1H3. The summed E-state index contributed by atoms with van der Waals surface area (Å²) in [4.78, 5) is 0. The van der Waals surface area contributed by atoms with Gasteiger partial charge < -0.3 is 40.1 Å². The fraction of sp³-hybridized carbons (Fsp3) is 0.419. The normalized spacial score (nSPS) is 9.46. The maximum Gasteiger partial charge on any atom is 0.123 e. The first kappa shape index (κ1) is 37.9. The van der Waals surface area contributed by atoms with Gasteiger partial charge in [0.05, 0.1) is 0 Å². The van der Waals surface area contributed by atoms with Crippen LogP contribution >= 0.6 is 0 Å². The summed E-state index contributed by atoms with van der Waals surface area (Å²) in [5, 5.41) is 55.2. The highest BCUT2D eigenvalue weighted by Crippen LogP contribution is 2.42. The van der Waals surface area contributed by atoms with Crippen LogP contribution in [0.1, 0.15) is 63.1 Å². The van der Waals surface area contributed by atoms with Gasteiger partial charge in [-0.2, -0.15) is 0 Å². The molecule has 0 saturated carbocycles. The molecule has 6 N–H and O–H groups in total. The number of phenols is 4. The zero-order valence-corrected chi connectivity index (χ0v) is 24.2. The van der Waals surface area contributed by atoms with Crippen molar-refractivity contribution >= 4 is 0 Å². The van der Waals surface area contributed by atoms with Crippen molar-refractivity contribution in [3.8, 4) is 23.0 Å². The average Bonchev–Trinajstić information content (AvgIpc) is 2.96. The van der Waals surface area contributed by atoms with Gasteiger partial charge in [-0.1, -0.05) is 56.3 Å². The molecule has 0 heterocycles. The quantitative estimate of drug-likeness (QED) is 0.205. The van der Waals surface area contributed by atoms with Crippen LogP contribution in [0.4, 0.5) is 0 Å². The lowest BCUT2D eigenvalue weighted by Crippen LogP contribution is -2.04. The van der Waals surface area contributed by atoms with Gasteiger partial charge in [-0.15, -0.1) is 0 Å². The number of aliphatic hydroxyl groups excluding tert-OH is 2. The zero-order valence-electron chi connectivity index (χ0n) is 24.2. The summed E-state index contributed by atoms with van der Waals surface area (Å²) < 4.78 is 9.08. The first-order valence-corrected chi connectivity index (χ1v) is 13.0. The van der Waals surface area contributed by atoms with Crippen molar-refractivity contribution in [2.24, 2.45) is 0 Å². The van der Waals surface area contributed by atoms with E-state index in [0.29, 0.717) is 24.3 Å². The summed E-state index contributed by atoms with van der Waals surface area (Å²) in [7, 11) is 3.36. The molecule has 3 aromatic rings. The lowest BCUT2D eigenvalue weighted by Gasteiger charge is -2.21. The number of ether oxygens (including phenoxy) is 2. The summed E-state index contributed by atoms with van der Waals surface area (Å²) in [5.41, 5.74) is 1.97. The highest BCUT2D eigenvalue weighted by atomic mass is 16.5. The van der Waals surface area contributed by atoms with E-state index in [1.165, 1.54) is 24.3 Å². The van der Waals surface area contributed by atoms with Crippen molar-refractivity contribution in [3.63, 3.8) is 0 Å². The van der Waals surface area contributed by atoms with Crippen LogP contribution in [0.25, 0.3) is 0 Å². The SMILES string of the molecule is CCCO.CCCO.CCOC.CCOC.Oc1ccc(C(c2ccccc2)c2ccc(O)cc2O)c(O)c1. The van der Waals surface area contributed by atoms with Gasteiger partial charge in [0, 0.05) is 69.8 Å². The van der Waals surface area contributed by atoms with Crippen molar-refractivity contribution < 1.29 is 40.1 Å². The molecule has 0 spiro atoms. The fourth-order valence-corrected chi connectivity index (χ4v) is 2.72. The molecule has 8 nitrogen and oxygen atoms in total. The maximum absolute atomic E-state index is 10.2. The second-order valence-electron chi connectivity index (χ2n) is 7.93. The Bertz CT molecular complexity index is 889. The molecule has 8 heteroatoms. The van der Waals surface area contributed by atoms with Crippen molar-refractivity contribution in [3.05, 3.63) is 83.4 Å². The molecule has 3 aromatic carbocycles. The predicted octanol–water partition coefficient (Wildman–Crippen LogP) is 5.77. The molecule has 0 aromatic heterocycles. The van der Waals surface area contributed by atoms with Gasteiger partial charge in [-0.25, -0.2) is 0 Å². The lowest BCUT2D eigenvalue weighted by molar-refractivity contribution is 0.215. The van der Waals surface area contributed by atoms with E-state index < -0.39 is 5.92 Å². The molecule has 0 radical (unpaired) electrons. The third-order valence-corrected chi connectivity index (χ3v) is 4.81. The van der Waals surface area contributed by atoms with Crippen molar-refractivity contribution in [1.29, 1.82) is 0 Å². The van der Waals surface area contributed by atoms with Crippen LogP contribution in [0.2, 0.25) is 0 Å². The molecule has 0 aliphatic carbocycles. The van der Waals surface area contributed by atoms with Crippen LogP contribution in [-0.4, -0.2) is 71.3 Å². The minimum Gasteiger partial charge on any atom is -0.508 e. The fourth-order valence-electron chi connectivity index (χ4n) is 2.72. The summed E-state index contributed by atoms with van der Waals surface area (Å²) in [6.07, 6.45) is 1.75. The molecule has 220 valence electrons. The largest absolute Gasteiger partial charge is 0.508 e. The Hall–Kier alpha value is -3.30. The maximum atomic E-state index is 10.2. The van der Waals surface area contributed by atoms with Gasteiger partial charge in [-0.3, -0.25) is 0 Å². The molecule has 0 aliphatic rings. The van der Waals surface area contributed by atoms with Crippen LogP contribution in [0.15, 0.2) is 66.7 Å². The van der Waals surface area contributed by atoms with E-state index in [4.69, 9.17) is 10.2 Å². The number of hydrogen-bond acceptors (Lipinski definition) is 8. The summed E-state index contributed by atoms with van der Waals surface area (Å²) in [6, 6.07) is 18.2. The molecule has 39 heavy (non-hydrogen) atoms. The molecule has 0 atom stereocenters. The van der Waals surface area contributed by atoms with E-state index in [0.717, 1.165) is 31.6 Å². The van der Waals surface area contributed by atoms with E-state index in [-0.39, 0.29) is 23.0 Å². The first-order valence-electron chi connectivity index (χ1n) is 13.0. The molecule has 0 fully saturated rings. The molecule has 0 saturated heterocycles. The third-order valence-electron chi connectivity index (χ3n) is 4.81. The van der Waals surface area contributed by atoms with Gasteiger partial charge >= 0.3 is 0 Å². The van der Waals surface area contributed by atoms with E-state index in [9.17, 15) is 20.4 Å². The highest BCUT2D eigenvalue weighted by Gasteiger charge is 2.23. The first-order chi connectivity index (χ1) is 18.7. The minimum absolute atomic E-state index is 0.0343. The number of hydrogen-bond donors (Lipinski definition) is 6. The van der Waals surface area contributed by atoms with Gasteiger partial charge in [0.25, 0.3) is 0 Å². The van der Waals surface area contributed by atoms with Crippen molar-refractivity contribution in [1.82, 2.24) is 0 Å². The van der Waals surface area contributed by atoms with Gasteiger partial charge in [0.2, 0.25) is 0 Å². The summed E-state index contributed by atoms with van der Waals surface area (Å²) >= 11 is 0. The van der Waals surface area contributed by atoms with Crippen LogP contribution < -0.4 is 0 Å². The van der Waals surface area contributed by atoms with Gasteiger partial charge in [0.1, 0.15) is 23.0 Å². The van der Waals surface area contributed by atoms with E-state index in [1.807, 2.05) is 58.0 Å². The van der Waals surface area contributed by atoms with Gasteiger partial charge in [0.15, 0.2) is 0 Å². The Balaban J connectivity index is 0. The van der Waals surface area contributed by atoms with Crippen molar-refractivity contribution in [2.45, 2.75) is 46.5 Å². The van der Waals surface area contributed by atoms with E-state index in [2.05, 4.69) is 9.47 Å². The number of phenolic OH excluding ortho intramolecular Hbond substituents is 4. The molecule has 0 aliphatic heterocycles. The molecule has 0 amide bonds. The molecular formula is C31H48O8. The topological polar surface area (TPSA) is 140 Å². The molecule has 0 bridgehead atoms. The summed E-state index contributed by atoms with van der Waals surface area (Å²) in [6.45, 7) is 10.1. The number of aliphatic hydroxyl groups is 2. The van der Waals surface area contributed by atoms with Crippen LogP contribution in [0.3, 0.4) is 0 Å². The Morgan fingerprint density at radius 1 is 0.590 bits per heavy atom. The lowest BCUT2D eigenvalue weighted by atomic mass is 9.84. The number of rotatable bonds is 7. The van der Waals surface area contributed by atoms with E-state index >= 15 is 0 Å². The Morgan fingerprint density at radius 2 is 0.923 bits per heavy atom. The van der Waals surface area contributed by atoms with Crippen molar-refractivity contribution in [2.75, 3.05) is 40.6 Å².